The third kappa shape index (κ3) is 3.55. The number of nitrogens with zero attached hydrogens (tertiary/aromatic N) is 1. The topological polar surface area (TPSA) is 91.8 Å². The van der Waals surface area contributed by atoms with Crippen LogP contribution in [0.4, 0.5) is 0 Å². The summed E-state index contributed by atoms with van der Waals surface area (Å²) in [6.07, 6.45) is 0.235. The molecule has 1 amide bonds. The van der Waals surface area contributed by atoms with Crippen LogP contribution in [0, 0.1) is 5.92 Å². The fourth-order valence-corrected chi connectivity index (χ4v) is 4.64. The molecule has 23 heavy (non-hydrogen) atoms. The SMILES string of the molecule is CC1(C)C(C(=O)N(CC(=O)O)Cc2ccccc2)CCS1(=O)=O. The van der Waals surface area contributed by atoms with Gasteiger partial charge < -0.3 is 10.0 Å². The number of amides is 1. The first-order valence-corrected chi connectivity index (χ1v) is 9.07. The maximum absolute atomic E-state index is 12.8. The predicted octanol–water partition coefficient (Wildman–Crippen LogP) is 1.31. The summed E-state index contributed by atoms with van der Waals surface area (Å²) in [5, 5.41) is 9.07. The van der Waals surface area contributed by atoms with E-state index in [-0.39, 0.29) is 18.7 Å². The Kier molecular flexibility index (Phi) is 4.79. The molecule has 1 N–H and O–H groups in total. The van der Waals surface area contributed by atoms with Gasteiger partial charge in [-0.1, -0.05) is 30.3 Å². The van der Waals surface area contributed by atoms with Crippen molar-refractivity contribution in [1.29, 1.82) is 0 Å². The lowest BCUT2D eigenvalue weighted by atomic mass is 9.91. The lowest BCUT2D eigenvalue weighted by Gasteiger charge is -2.30. The average molecular weight is 339 g/mol. The molecule has 0 bridgehead atoms. The highest BCUT2D eigenvalue weighted by atomic mass is 32.2. The molecule has 1 aromatic carbocycles. The molecule has 6 nitrogen and oxygen atoms in total. The van der Waals surface area contributed by atoms with E-state index in [0.717, 1.165) is 5.56 Å². The molecule has 0 radical (unpaired) electrons. The van der Waals surface area contributed by atoms with Crippen molar-refractivity contribution in [3.8, 4) is 0 Å². The second kappa shape index (κ2) is 6.31. The average Bonchev–Trinajstić information content (AvgIpc) is 2.67. The van der Waals surface area contributed by atoms with Crippen molar-refractivity contribution in [2.75, 3.05) is 12.3 Å². The van der Waals surface area contributed by atoms with Gasteiger partial charge in [-0.15, -0.1) is 0 Å². The van der Waals surface area contributed by atoms with E-state index < -0.39 is 38.9 Å². The van der Waals surface area contributed by atoms with Gasteiger partial charge in [-0.3, -0.25) is 9.59 Å². The van der Waals surface area contributed by atoms with Gasteiger partial charge in [0.15, 0.2) is 9.84 Å². The Labute approximate surface area is 136 Å². The van der Waals surface area contributed by atoms with Gasteiger partial charge in [0.1, 0.15) is 6.54 Å². The summed E-state index contributed by atoms with van der Waals surface area (Å²) in [7, 11) is -3.35. The Balaban J connectivity index is 2.25. The predicted molar refractivity (Wildman–Crippen MR) is 85.5 cm³/mol. The van der Waals surface area contributed by atoms with E-state index in [1.807, 2.05) is 18.2 Å². The molecule has 1 saturated heterocycles. The molecule has 0 saturated carbocycles. The number of carboxylic acids is 1. The molecule has 1 aliphatic rings. The Morgan fingerprint density at radius 3 is 2.35 bits per heavy atom. The van der Waals surface area contributed by atoms with Crippen molar-refractivity contribution in [2.24, 2.45) is 5.92 Å². The van der Waals surface area contributed by atoms with E-state index in [2.05, 4.69) is 0 Å². The van der Waals surface area contributed by atoms with Crippen LogP contribution in [0.15, 0.2) is 30.3 Å². The van der Waals surface area contributed by atoms with Crippen molar-refractivity contribution in [1.82, 2.24) is 4.90 Å². The number of carbonyl (C=O) groups excluding carboxylic acids is 1. The first kappa shape index (κ1) is 17.5. The van der Waals surface area contributed by atoms with Crippen molar-refractivity contribution >= 4 is 21.7 Å². The van der Waals surface area contributed by atoms with E-state index in [1.54, 1.807) is 26.0 Å². The summed E-state index contributed by atoms with van der Waals surface area (Å²) in [5.41, 5.74) is 0.806. The zero-order valence-electron chi connectivity index (χ0n) is 13.2. The zero-order valence-corrected chi connectivity index (χ0v) is 14.0. The number of rotatable bonds is 5. The van der Waals surface area contributed by atoms with Crippen molar-refractivity contribution in [3.05, 3.63) is 35.9 Å². The molecule has 2 rings (SSSR count). The van der Waals surface area contributed by atoms with E-state index in [9.17, 15) is 18.0 Å². The quantitative estimate of drug-likeness (QED) is 0.873. The van der Waals surface area contributed by atoms with Gasteiger partial charge >= 0.3 is 5.97 Å². The highest BCUT2D eigenvalue weighted by Gasteiger charge is 2.51. The Hall–Kier alpha value is -1.89. The number of sulfone groups is 1. The maximum atomic E-state index is 12.8. The molecule has 1 fully saturated rings. The third-order valence-electron chi connectivity index (χ3n) is 4.47. The second-order valence-electron chi connectivity index (χ2n) is 6.34. The molecular formula is C16H21NO5S. The minimum Gasteiger partial charge on any atom is -0.480 e. The molecule has 1 unspecified atom stereocenters. The number of benzene rings is 1. The summed E-state index contributed by atoms with van der Waals surface area (Å²) < 4.78 is 23.1. The first-order chi connectivity index (χ1) is 10.6. The van der Waals surface area contributed by atoms with Crippen LogP contribution in [0.3, 0.4) is 0 Å². The van der Waals surface area contributed by atoms with E-state index >= 15 is 0 Å². The summed E-state index contributed by atoms with van der Waals surface area (Å²) in [6.45, 7) is 2.79. The fraction of sp³-hybridized carbons (Fsp3) is 0.500. The van der Waals surface area contributed by atoms with Gasteiger partial charge in [0.05, 0.1) is 16.4 Å². The van der Waals surface area contributed by atoms with Gasteiger partial charge in [-0.2, -0.15) is 0 Å². The first-order valence-electron chi connectivity index (χ1n) is 7.42. The minimum atomic E-state index is -3.35. The third-order valence-corrected chi connectivity index (χ3v) is 7.13. The largest absolute Gasteiger partial charge is 0.480 e. The van der Waals surface area contributed by atoms with Crippen LogP contribution in [-0.2, 0) is 26.0 Å². The van der Waals surface area contributed by atoms with Gasteiger partial charge in [-0.05, 0) is 25.8 Å². The number of aliphatic carboxylic acids is 1. The maximum Gasteiger partial charge on any atom is 0.323 e. The van der Waals surface area contributed by atoms with Gasteiger partial charge in [0.25, 0.3) is 0 Å². The molecule has 1 atom stereocenters. The van der Waals surface area contributed by atoms with Crippen LogP contribution in [0.2, 0.25) is 0 Å². The van der Waals surface area contributed by atoms with E-state index in [0.29, 0.717) is 0 Å². The van der Waals surface area contributed by atoms with Crippen molar-refractivity contribution in [2.45, 2.75) is 31.6 Å². The Morgan fingerprint density at radius 2 is 1.87 bits per heavy atom. The normalized spacial score (nSPS) is 21.7. The summed E-state index contributed by atoms with van der Waals surface area (Å²) in [5.74, 6) is -2.28. The van der Waals surface area contributed by atoms with Crippen molar-refractivity contribution in [3.63, 3.8) is 0 Å². The summed E-state index contributed by atoms with van der Waals surface area (Å²) in [4.78, 5) is 25.1. The number of hydrogen-bond donors (Lipinski definition) is 1. The summed E-state index contributed by atoms with van der Waals surface area (Å²) >= 11 is 0. The number of carbonyl (C=O) groups is 2. The lowest BCUT2D eigenvalue weighted by Crippen LogP contribution is -2.46. The van der Waals surface area contributed by atoms with Gasteiger partial charge in [0, 0.05) is 6.54 Å². The summed E-state index contributed by atoms with van der Waals surface area (Å²) in [6, 6.07) is 9.06. The van der Waals surface area contributed by atoms with Gasteiger partial charge in [-0.25, -0.2) is 8.42 Å². The van der Waals surface area contributed by atoms with Crippen LogP contribution in [0.25, 0.3) is 0 Å². The minimum absolute atomic E-state index is 0.0390. The monoisotopic (exact) mass is 339 g/mol. The van der Waals surface area contributed by atoms with E-state index in [4.69, 9.17) is 5.11 Å². The second-order valence-corrected chi connectivity index (χ2v) is 9.03. The molecule has 1 aromatic rings. The molecular weight excluding hydrogens is 318 g/mol. The lowest BCUT2D eigenvalue weighted by molar-refractivity contribution is -0.147. The smallest absolute Gasteiger partial charge is 0.323 e. The standard InChI is InChI=1S/C16H21NO5S/c1-16(2)13(8-9-23(16,21)22)15(20)17(11-14(18)19)10-12-6-4-3-5-7-12/h3-7,13H,8-11H2,1-2H3,(H,18,19). The highest BCUT2D eigenvalue weighted by Crippen LogP contribution is 2.38. The molecule has 1 aliphatic heterocycles. The fourth-order valence-electron chi connectivity index (χ4n) is 2.92. The Bertz CT molecular complexity index is 696. The molecule has 7 heteroatoms. The van der Waals surface area contributed by atoms with Crippen LogP contribution >= 0.6 is 0 Å². The number of carboxylic acid groups (broad SMARTS) is 1. The van der Waals surface area contributed by atoms with Crippen LogP contribution in [0.5, 0.6) is 0 Å². The van der Waals surface area contributed by atoms with Crippen molar-refractivity contribution < 1.29 is 23.1 Å². The molecule has 0 spiro atoms. The van der Waals surface area contributed by atoms with Gasteiger partial charge in [0.2, 0.25) is 5.91 Å². The molecule has 1 heterocycles. The van der Waals surface area contributed by atoms with E-state index in [1.165, 1.54) is 4.90 Å². The Morgan fingerprint density at radius 1 is 1.26 bits per heavy atom. The number of hydrogen-bond acceptors (Lipinski definition) is 4. The van der Waals surface area contributed by atoms with Crippen LogP contribution in [0.1, 0.15) is 25.8 Å². The zero-order chi connectivity index (χ0) is 17.3. The molecule has 0 aromatic heterocycles. The molecule has 0 aliphatic carbocycles. The highest BCUT2D eigenvalue weighted by molar-refractivity contribution is 7.93. The van der Waals surface area contributed by atoms with Crippen LogP contribution in [-0.4, -0.2) is 47.3 Å². The van der Waals surface area contributed by atoms with Crippen LogP contribution < -0.4 is 0 Å². The molecule has 126 valence electrons.